The van der Waals surface area contributed by atoms with Crippen molar-refractivity contribution >= 4 is 11.9 Å². The quantitative estimate of drug-likeness (QED) is 0.524. The second-order valence-electron chi connectivity index (χ2n) is 10.0. The predicted octanol–water partition coefficient (Wildman–Crippen LogP) is 5.83. The van der Waals surface area contributed by atoms with E-state index < -0.39 is 35.3 Å². The number of hydrogen-bond acceptors (Lipinski definition) is 5. The Kier molecular flexibility index (Phi) is 7.40. The Morgan fingerprint density at radius 1 is 1.17 bits per heavy atom. The van der Waals surface area contributed by atoms with Crippen molar-refractivity contribution in [3.8, 4) is 0 Å². The highest BCUT2D eigenvalue weighted by atomic mass is 19.4. The number of hydrogen-bond donors (Lipinski definition) is 1. The lowest BCUT2D eigenvalue weighted by Gasteiger charge is -2.41. The van der Waals surface area contributed by atoms with Crippen LogP contribution in [0.15, 0.2) is 47.7 Å². The number of aliphatic hydroxyl groups excluding tert-OH is 1. The van der Waals surface area contributed by atoms with Crippen LogP contribution in [0, 0.1) is 23.7 Å². The topological polar surface area (TPSA) is 72.8 Å². The molecule has 5 nitrogen and oxygen atoms in total. The molecule has 0 saturated carbocycles. The van der Waals surface area contributed by atoms with Crippen LogP contribution in [0.4, 0.5) is 13.2 Å². The molecular weight excluding hydrogens is 461 g/mol. The Labute approximate surface area is 203 Å². The first-order valence-corrected chi connectivity index (χ1v) is 12.2. The van der Waals surface area contributed by atoms with Gasteiger partial charge in [-0.1, -0.05) is 32.1 Å². The van der Waals surface area contributed by atoms with E-state index in [2.05, 4.69) is 13.0 Å². The monoisotopic (exact) mass is 492 g/mol. The van der Waals surface area contributed by atoms with Crippen LogP contribution in [0.1, 0.15) is 68.3 Å². The highest BCUT2D eigenvalue weighted by Gasteiger charge is 2.40. The largest absolute Gasteiger partial charge is 0.462 e. The molecule has 6 atom stereocenters. The number of carbonyl (C=O) groups excluding carboxylic acids is 2. The van der Waals surface area contributed by atoms with Gasteiger partial charge in [-0.25, -0.2) is 4.79 Å². The van der Waals surface area contributed by atoms with E-state index in [1.807, 2.05) is 13.0 Å². The maximum absolute atomic E-state index is 13.4. The minimum absolute atomic E-state index is 0.00592. The fourth-order valence-electron chi connectivity index (χ4n) is 5.68. The third-order valence-electron chi connectivity index (χ3n) is 7.48. The zero-order valence-electron chi connectivity index (χ0n) is 19.9. The third kappa shape index (κ3) is 5.80. The normalized spacial score (nSPS) is 31.1. The van der Waals surface area contributed by atoms with E-state index in [9.17, 15) is 27.9 Å². The number of benzene rings is 1. The average molecular weight is 493 g/mol. The molecule has 2 aliphatic carbocycles. The first-order valence-electron chi connectivity index (χ1n) is 12.2. The van der Waals surface area contributed by atoms with Crippen molar-refractivity contribution in [1.29, 1.82) is 0 Å². The molecule has 1 heterocycles. The summed E-state index contributed by atoms with van der Waals surface area (Å²) in [5.41, 5.74) is -0.494. The number of ether oxygens (including phenoxy) is 2. The molecule has 0 amide bonds. The molecule has 1 fully saturated rings. The van der Waals surface area contributed by atoms with Crippen LogP contribution in [-0.4, -0.2) is 29.3 Å². The molecule has 0 radical (unpaired) electrons. The van der Waals surface area contributed by atoms with Gasteiger partial charge in [0, 0.05) is 12.3 Å². The zero-order valence-corrected chi connectivity index (χ0v) is 19.9. The number of rotatable bonds is 5. The summed E-state index contributed by atoms with van der Waals surface area (Å²) in [6.07, 6.45) is 1.85. The maximum Gasteiger partial charge on any atom is 0.417 e. The zero-order chi connectivity index (χ0) is 25.3. The molecule has 1 N–H and O–H groups in total. The summed E-state index contributed by atoms with van der Waals surface area (Å²) in [4.78, 5) is 24.6. The molecule has 0 unspecified atom stereocenters. The van der Waals surface area contributed by atoms with Crippen molar-refractivity contribution in [1.82, 2.24) is 0 Å². The maximum atomic E-state index is 13.4. The van der Waals surface area contributed by atoms with Gasteiger partial charge in [-0.15, -0.1) is 0 Å². The minimum atomic E-state index is -4.67. The van der Waals surface area contributed by atoms with E-state index in [0.29, 0.717) is 30.9 Å². The standard InChI is InChI=1S/C27H31F3O5/c1-15-7-9-21-17(11-15)12-24(35-26(33)22-5-3-4-6-23(22)27(28,29)30)16(2)20(21)10-8-19-13-18(31)14-25(32)34-19/h3-6,11-12,15-16,18-21,31H,7-10,13-14H2,1-2H3/t15-,16+,18-,19-,20-,21+/m1/s1. The summed E-state index contributed by atoms with van der Waals surface area (Å²) in [5, 5.41) is 9.93. The van der Waals surface area contributed by atoms with Crippen LogP contribution in [0.3, 0.4) is 0 Å². The highest BCUT2D eigenvalue weighted by Crippen LogP contribution is 2.47. The van der Waals surface area contributed by atoms with E-state index in [-0.39, 0.29) is 30.3 Å². The van der Waals surface area contributed by atoms with Gasteiger partial charge in [0.2, 0.25) is 0 Å². The molecule has 8 heteroatoms. The summed E-state index contributed by atoms with van der Waals surface area (Å²) in [6.45, 7) is 4.04. The van der Waals surface area contributed by atoms with Crippen molar-refractivity contribution in [2.45, 2.75) is 70.8 Å². The van der Waals surface area contributed by atoms with Crippen LogP contribution in [0.5, 0.6) is 0 Å². The highest BCUT2D eigenvalue weighted by molar-refractivity contribution is 5.92. The predicted molar refractivity (Wildman–Crippen MR) is 122 cm³/mol. The van der Waals surface area contributed by atoms with Gasteiger partial charge in [-0.2, -0.15) is 13.2 Å². The Morgan fingerprint density at radius 2 is 1.91 bits per heavy atom. The molecule has 1 aromatic rings. The lowest BCUT2D eigenvalue weighted by atomic mass is 9.66. The first-order chi connectivity index (χ1) is 16.5. The molecule has 0 spiro atoms. The van der Waals surface area contributed by atoms with Gasteiger partial charge in [-0.05, 0) is 67.2 Å². The molecular formula is C27H31F3O5. The van der Waals surface area contributed by atoms with Crippen molar-refractivity contribution in [2.24, 2.45) is 23.7 Å². The molecule has 35 heavy (non-hydrogen) atoms. The molecule has 1 saturated heterocycles. The summed E-state index contributed by atoms with van der Waals surface area (Å²) >= 11 is 0. The smallest absolute Gasteiger partial charge is 0.417 e. The second-order valence-corrected chi connectivity index (χ2v) is 10.0. The summed E-state index contributed by atoms with van der Waals surface area (Å²) in [5.74, 6) is -0.639. The summed E-state index contributed by atoms with van der Waals surface area (Å²) in [6, 6.07) is 4.63. The number of allylic oxidation sites excluding steroid dienone is 4. The second kappa shape index (κ2) is 10.2. The summed E-state index contributed by atoms with van der Waals surface area (Å²) < 4.78 is 51.3. The number of halogens is 3. The van der Waals surface area contributed by atoms with Gasteiger partial charge >= 0.3 is 18.1 Å². The fourth-order valence-corrected chi connectivity index (χ4v) is 5.68. The molecule has 0 bridgehead atoms. The third-order valence-corrected chi connectivity index (χ3v) is 7.48. The van der Waals surface area contributed by atoms with Crippen LogP contribution in [0.2, 0.25) is 0 Å². The van der Waals surface area contributed by atoms with Crippen molar-refractivity contribution in [3.05, 3.63) is 58.9 Å². The Morgan fingerprint density at radius 3 is 2.63 bits per heavy atom. The SMILES string of the molecule is C[C@@H]1C(OC(=O)c2ccccc2C(F)(F)F)=CC2=C[C@H](C)CC[C@@H]2[C@@H]1CC[C@@H]1C[C@@H](O)CC(=O)O1. The average Bonchev–Trinajstić information content (AvgIpc) is 2.78. The van der Waals surface area contributed by atoms with Gasteiger partial charge in [-0.3, -0.25) is 4.79 Å². The number of fused-ring (bicyclic) bond motifs is 1. The fraction of sp³-hybridized carbons (Fsp3) is 0.556. The van der Waals surface area contributed by atoms with Crippen LogP contribution in [-0.2, 0) is 20.4 Å². The molecule has 190 valence electrons. The van der Waals surface area contributed by atoms with Crippen molar-refractivity contribution < 1.29 is 37.3 Å². The number of carbonyl (C=O) groups is 2. The van der Waals surface area contributed by atoms with Gasteiger partial charge in [0.05, 0.1) is 23.7 Å². The lowest BCUT2D eigenvalue weighted by Crippen LogP contribution is -2.36. The van der Waals surface area contributed by atoms with E-state index in [1.165, 1.54) is 12.1 Å². The number of alkyl halides is 3. The van der Waals surface area contributed by atoms with Crippen LogP contribution in [0.25, 0.3) is 0 Å². The van der Waals surface area contributed by atoms with E-state index in [1.54, 1.807) is 0 Å². The Hall–Kier alpha value is -2.61. The Balaban J connectivity index is 1.56. The van der Waals surface area contributed by atoms with E-state index in [4.69, 9.17) is 9.47 Å². The van der Waals surface area contributed by atoms with Crippen LogP contribution < -0.4 is 0 Å². The number of aliphatic hydroxyl groups is 1. The van der Waals surface area contributed by atoms with E-state index >= 15 is 0 Å². The molecule has 0 aromatic heterocycles. The molecule has 4 rings (SSSR count). The summed E-state index contributed by atoms with van der Waals surface area (Å²) in [7, 11) is 0. The van der Waals surface area contributed by atoms with Gasteiger partial charge in [0.25, 0.3) is 0 Å². The van der Waals surface area contributed by atoms with Crippen molar-refractivity contribution in [2.75, 3.05) is 0 Å². The van der Waals surface area contributed by atoms with Gasteiger partial charge < -0.3 is 14.6 Å². The number of esters is 2. The van der Waals surface area contributed by atoms with Gasteiger partial charge in [0.15, 0.2) is 0 Å². The first kappa shape index (κ1) is 25.5. The minimum Gasteiger partial charge on any atom is -0.462 e. The Bertz CT molecular complexity index is 1030. The number of cyclic esters (lactones) is 1. The molecule has 3 aliphatic rings. The molecule has 1 aromatic carbocycles. The van der Waals surface area contributed by atoms with Gasteiger partial charge in [0.1, 0.15) is 11.9 Å². The van der Waals surface area contributed by atoms with E-state index in [0.717, 1.165) is 30.5 Å². The molecule has 1 aliphatic heterocycles. The van der Waals surface area contributed by atoms with Crippen LogP contribution >= 0.6 is 0 Å². The lowest BCUT2D eigenvalue weighted by molar-refractivity contribution is -0.160. The van der Waals surface area contributed by atoms with Crippen molar-refractivity contribution in [3.63, 3.8) is 0 Å².